The van der Waals surface area contributed by atoms with E-state index in [4.69, 9.17) is 0 Å². The number of carbonyl (C=O) groups is 1. The van der Waals surface area contributed by atoms with Crippen molar-refractivity contribution in [1.82, 2.24) is 9.55 Å². The van der Waals surface area contributed by atoms with Gasteiger partial charge in [-0.3, -0.25) is 4.79 Å². The van der Waals surface area contributed by atoms with Crippen LogP contribution in [0.1, 0.15) is 28.2 Å². The zero-order valence-electron chi connectivity index (χ0n) is 10.5. The van der Waals surface area contributed by atoms with Crippen LogP contribution in [-0.2, 0) is 13.5 Å². The number of carbonyl (C=O) groups excluding carboxylic acids is 1. The minimum atomic E-state index is 0.147. The van der Waals surface area contributed by atoms with Crippen LogP contribution in [0, 0.1) is 6.92 Å². The lowest BCUT2D eigenvalue weighted by atomic mass is 10.0. The van der Waals surface area contributed by atoms with Crippen LogP contribution in [-0.4, -0.2) is 15.3 Å². The minimum Gasteiger partial charge on any atom is -0.338 e. The number of ketones is 1. The van der Waals surface area contributed by atoms with E-state index in [1.54, 1.807) is 6.20 Å². The largest absolute Gasteiger partial charge is 0.338 e. The number of imidazole rings is 1. The van der Waals surface area contributed by atoms with E-state index in [-0.39, 0.29) is 5.78 Å². The van der Waals surface area contributed by atoms with Crippen molar-refractivity contribution in [3.05, 3.63) is 52.0 Å². The summed E-state index contributed by atoms with van der Waals surface area (Å²) in [6.45, 7) is 1.99. The van der Waals surface area contributed by atoms with Crippen LogP contribution in [0.25, 0.3) is 0 Å². The molecule has 18 heavy (non-hydrogen) atoms. The van der Waals surface area contributed by atoms with Crippen LogP contribution in [0.4, 0.5) is 0 Å². The molecule has 0 unspecified atom stereocenters. The molecule has 0 aliphatic rings. The van der Waals surface area contributed by atoms with Crippen molar-refractivity contribution in [2.75, 3.05) is 0 Å². The molecular weight excluding hydrogens is 292 g/mol. The molecule has 0 atom stereocenters. The highest BCUT2D eigenvalue weighted by molar-refractivity contribution is 9.10. The van der Waals surface area contributed by atoms with Crippen molar-refractivity contribution >= 4 is 21.7 Å². The van der Waals surface area contributed by atoms with Crippen molar-refractivity contribution < 1.29 is 4.79 Å². The molecule has 0 saturated carbocycles. The van der Waals surface area contributed by atoms with Crippen LogP contribution in [0.5, 0.6) is 0 Å². The first-order valence-electron chi connectivity index (χ1n) is 5.83. The summed E-state index contributed by atoms with van der Waals surface area (Å²) < 4.78 is 2.80. The van der Waals surface area contributed by atoms with Gasteiger partial charge in [-0.15, -0.1) is 0 Å². The summed E-state index contributed by atoms with van der Waals surface area (Å²) in [7, 11) is 1.94. The average Bonchev–Trinajstić information content (AvgIpc) is 2.75. The maximum absolute atomic E-state index is 12.2. The molecule has 0 spiro atoms. The summed E-state index contributed by atoms with van der Waals surface area (Å²) in [5.41, 5.74) is 1.85. The van der Waals surface area contributed by atoms with Gasteiger partial charge in [0.1, 0.15) is 5.82 Å². The van der Waals surface area contributed by atoms with E-state index in [9.17, 15) is 4.79 Å². The number of rotatable bonds is 4. The van der Waals surface area contributed by atoms with E-state index in [2.05, 4.69) is 20.9 Å². The molecule has 0 aliphatic carbocycles. The van der Waals surface area contributed by atoms with Crippen molar-refractivity contribution in [2.45, 2.75) is 19.8 Å². The van der Waals surface area contributed by atoms with E-state index in [0.29, 0.717) is 12.8 Å². The summed E-state index contributed by atoms with van der Waals surface area (Å²) in [5, 5.41) is 0. The van der Waals surface area contributed by atoms with Gasteiger partial charge < -0.3 is 4.57 Å². The predicted octanol–water partition coefficient (Wildman–Crippen LogP) is 3.31. The molecule has 1 aromatic heterocycles. The molecule has 0 aliphatic heterocycles. The van der Waals surface area contributed by atoms with E-state index in [1.807, 2.05) is 42.9 Å². The number of halogens is 1. The molecule has 2 rings (SSSR count). The Hall–Kier alpha value is -1.42. The Morgan fingerprint density at radius 1 is 1.44 bits per heavy atom. The number of aromatic nitrogens is 2. The molecule has 1 aromatic carbocycles. The van der Waals surface area contributed by atoms with E-state index in [0.717, 1.165) is 21.4 Å². The third kappa shape index (κ3) is 2.88. The Bertz CT molecular complexity index is 575. The smallest absolute Gasteiger partial charge is 0.164 e. The van der Waals surface area contributed by atoms with Crippen LogP contribution in [0.3, 0.4) is 0 Å². The molecular formula is C14H15BrN2O. The highest BCUT2D eigenvalue weighted by Gasteiger charge is 2.11. The van der Waals surface area contributed by atoms with E-state index < -0.39 is 0 Å². The molecule has 2 aromatic rings. The number of Topliss-reactive ketones (excluding diaryl/α,β-unsaturated/α-hetero) is 1. The zero-order chi connectivity index (χ0) is 13.1. The Morgan fingerprint density at radius 2 is 2.22 bits per heavy atom. The molecule has 1 heterocycles. The van der Waals surface area contributed by atoms with Gasteiger partial charge in [0.15, 0.2) is 5.78 Å². The monoisotopic (exact) mass is 306 g/mol. The van der Waals surface area contributed by atoms with Crippen LogP contribution in [0.2, 0.25) is 0 Å². The minimum absolute atomic E-state index is 0.147. The van der Waals surface area contributed by atoms with Crippen molar-refractivity contribution in [3.63, 3.8) is 0 Å². The van der Waals surface area contributed by atoms with Gasteiger partial charge in [-0.05, 0) is 19.1 Å². The van der Waals surface area contributed by atoms with Crippen molar-refractivity contribution in [1.29, 1.82) is 0 Å². The number of hydrogen-bond acceptors (Lipinski definition) is 2. The Morgan fingerprint density at radius 3 is 2.89 bits per heavy atom. The second kappa shape index (κ2) is 5.48. The second-order valence-corrected chi connectivity index (χ2v) is 5.22. The van der Waals surface area contributed by atoms with Gasteiger partial charge in [0, 0.05) is 42.3 Å². The molecule has 0 fully saturated rings. The molecule has 94 valence electrons. The fourth-order valence-electron chi connectivity index (χ4n) is 1.85. The quantitative estimate of drug-likeness (QED) is 0.812. The lowest BCUT2D eigenvalue weighted by Crippen LogP contribution is -2.05. The number of nitrogens with zero attached hydrogens (tertiary/aromatic N) is 2. The van der Waals surface area contributed by atoms with Crippen LogP contribution >= 0.6 is 15.9 Å². The summed E-state index contributed by atoms with van der Waals surface area (Å²) in [6, 6.07) is 5.83. The zero-order valence-corrected chi connectivity index (χ0v) is 12.1. The predicted molar refractivity (Wildman–Crippen MR) is 74.7 cm³/mol. The summed E-state index contributed by atoms with van der Waals surface area (Å²) in [5.74, 6) is 1.08. The van der Waals surface area contributed by atoms with Gasteiger partial charge in [-0.2, -0.15) is 0 Å². The van der Waals surface area contributed by atoms with Gasteiger partial charge in [0.25, 0.3) is 0 Å². The van der Waals surface area contributed by atoms with E-state index >= 15 is 0 Å². The number of aryl methyl sites for hydroxylation is 3. The third-order valence-electron chi connectivity index (χ3n) is 2.92. The number of benzene rings is 1. The standard InChI is InChI=1S/C14H15BrN2O/c1-10-3-4-12(15)11(9-10)13(18)5-6-14-16-7-8-17(14)2/h3-4,7-9H,5-6H2,1-2H3. The van der Waals surface area contributed by atoms with Gasteiger partial charge in [-0.25, -0.2) is 4.98 Å². The molecule has 0 saturated heterocycles. The lowest BCUT2D eigenvalue weighted by molar-refractivity contribution is 0.0981. The van der Waals surface area contributed by atoms with Gasteiger partial charge >= 0.3 is 0 Å². The molecule has 3 nitrogen and oxygen atoms in total. The lowest BCUT2D eigenvalue weighted by Gasteiger charge is -2.05. The van der Waals surface area contributed by atoms with Crippen molar-refractivity contribution in [3.8, 4) is 0 Å². The number of hydrogen-bond donors (Lipinski definition) is 0. The molecule has 0 bridgehead atoms. The topological polar surface area (TPSA) is 34.9 Å². The maximum atomic E-state index is 12.2. The average molecular weight is 307 g/mol. The first-order chi connectivity index (χ1) is 8.58. The maximum Gasteiger partial charge on any atom is 0.164 e. The first-order valence-corrected chi connectivity index (χ1v) is 6.63. The fourth-order valence-corrected chi connectivity index (χ4v) is 2.32. The second-order valence-electron chi connectivity index (χ2n) is 4.36. The molecule has 0 amide bonds. The summed E-state index contributed by atoms with van der Waals surface area (Å²) in [4.78, 5) is 16.4. The van der Waals surface area contributed by atoms with Gasteiger partial charge in [0.2, 0.25) is 0 Å². The Balaban J connectivity index is 2.08. The van der Waals surface area contributed by atoms with Crippen molar-refractivity contribution in [2.24, 2.45) is 7.05 Å². The van der Waals surface area contributed by atoms with Gasteiger partial charge in [0.05, 0.1) is 0 Å². The molecule has 4 heteroatoms. The highest BCUT2D eigenvalue weighted by atomic mass is 79.9. The van der Waals surface area contributed by atoms with E-state index in [1.165, 1.54) is 0 Å². The normalized spacial score (nSPS) is 10.6. The fraction of sp³-hybridized carbons (Fsp3) is 0.286. The van der Waals surface area contributed by atoms with Crippen LogP contribution in [0.15, 0.2) is 35.1 Å². The van der Waals surface area contributed by atoms with Gasteiger partial charge in [-0.1, -0.05) is 27.6 Å². The van der Waals surface area contributed by atoms with Crippen LogP contribution < -0.4 is 0 Å². The first kappa shape index (κ1) is 13.0. The summed E-state index contributed by atoms with van der Waals surface area (Å²) in [6.07, 6.45) is 4.79. The molecule has 0 radical (unpaired) electrons. The molecule has 0 N–H and O–H groups in total. The SMILES string of the molecule is Cc1ccc(Br)c(C(=O)CCc2nccn2C)c1. The highest BCUT2D eigenvalue weighted by Crippen LogP contribution is 2.20. The third-order valence-corrected chi connectivity index (χ3v) is 3.61. The summed E-state index contributed by atoms with van der Waals surface area (Å²) >= 11 is 3.42. The Labute approximate surface area is 115 Å². The Kier molecular flexibility index (Phi) is 3.97.